The van der Waals surface area contributed by atoms with Crippen molar-refractivity contribution < 1.29 is 4.74 Å². The Balaban J connectivity index is 1.09. The van der Waals surface area contributed by atoms with Crippen molar-refractivity contribution in [3.05, 3.63) is 169 Å². The summed E-state index contributed by atoms with van der Waals surface area (Å²) in [5, 5.41) is 19.1. The first kappa shape index (κ1) is 27.4. The molecule has 226 valence electrons. The molecule has 0 atom stereocenters. The molecule has 0 spiro atoms. The van der Waals surface area contributed by atoms with E-state index >= 15 is 0 Å². The highest BCUT2D eigenvalue weighted by atomic mass is 16.5. The van der Waals surface area contributed by atoms with Crippen LogP contribution in [0.4, 0.5) is 0 Å². The van der Waals surface area contributed by atoms with E-state index in [9.17, 15) is 5.26 Å². The van der Waals surface area contributed by atoms with Crippen LogP contribution in [-0.2, 0) is 0 Å². The lowest BCUT2D eigenvalue weighted by atomic mass is 9.87. The summed E-state index contributed by atoms with van der Waals surface area (Å²) in [4.78, 5) is 0. The molecule has 10 rings (SSSR count). The van der Waals surface area contributed by atoms with Gasteiger partial charge in [-0.3, -0.25) is 0 Å². The fourth-order valence-corrected chi connectivity index (χ4v) is 7.80. The number of benzene rings is 9. The van der Waals surface area contributed by atoms with E-state index in [0.717, 1.165) is 44.5 Å². The van der Waals surface area contributed by atoms with Crippen LogP contribution in [0, 0.1) is 11.3 Å². The second-order valence-electron chi connectivity index (χ2n) is 12.7. The number of hydrogen-bond donors (Lipinski definition) is 0. The fourth-order valence-electron chi connectivity index (χ4n) is 7.80. The van der Waals surface area contributed by atoms with E-state index in [4.69, 9.17) is 4.74 Å². The molecule has 0 N–H and O–H groups in total. The number of fused-ring (bicyclic) bond motifs is 7. The van der Waals surface area contributed by atoms with Crippen LogP contribution >= 0.6 is 0 Å². The van der Waals surface area contributed by atoms with E-state index < -0.39 is 0 Å². The van der Waals surface area contributed by atoms with Gasteiger partial charge < -0.3 is 4.74 Å². The van der Waals surface area contributed by atoms with Crippen molar-refractivity contribution in [3.8, 4) is 62.1 Å². The molecule has 0 radical (unpaired) electrons. The molecular weight excluding hydrogens is 595 g/mol. The average Bonchev–Trinajstić information content (AvgIpc) is 3.17. The molecule has 0 aromatic heterocycles. The van der Waals surface area contributed by atoms with Gasteiger partial charge >= 0.3 is 0 Å². The van der Waals surface area contributed by atoms with Gasteiger partial charge in [0.25, 0.3) is 0 Å². The third kappa shape index (κ3) is 4.20. The molecule has 1 aliphatic rings. The predicted octanol–water partition coefficient (Wildman–Crippen LogP) is 12.9. The van der Waals surface area contributed by atoms with Gasteiger partial charge in [0.2, 0.25) is 0 Å². The lowest BCUT2D eigenvalue weighted by Gasteiger charge is -2.22. The molecule has 1 aliphatic heterocycles. The Bertz CT molecular complexity index is 2840. The monoisotopic (exact) mass is 621 g/mol. The molecule has 9 aromatic carbocycles. The van der Waals surface area contributed by atoms with Gasteiger partial charge in [-0.05, 0) is 108 Å². The molecule has 0 saturated heterocycles. The van der Waals surface area contributed by atoms with Crippen LogP contribution in [0.3, 0.4) is 0 Å². The van der Waals surface area contributed by atoms with E-state index in [1.165, 1.54) is 54.6 Å². The minimum atomic E-state index is 0.661. The summed E-state index contributed by atoms with van der Waals surface area (Å²) >= 11 is 0. The molecule has 49 heavy (non-hydrogen) atoms. The Hall–Kier alpha value is -6.69. The molecular formula is C47H27NO. The van der Waals surface area contributed by atoms with Crippen LogP contribution in [-0.4, -0.2) is 0 Å². The summed E-state index contributed by atoms with van der Waals surface area (Å²) in [5.41, 5.74) is 9.91. The topological polar surface area (TPSA) is 33.0 Å². The van der Waals surface area contributed by atoms with Gasteiger partial charge in [0, 0.05) is 16.3 Å². The molecule has 0 unspecified atom stereocenters. The van der Waals surface area contributed by atoms with Crippen LogP contribution in [0.5, 0.6) is 11.5 Å². The van der Waals surface area contributed by atoms with Gasteiger partial charge in [0.15, 0.2) is 0 Å². The molecule has 9 aromatic rings. The van der Waals surface area contributed by atoms with Gasteiger partial charge in [-0.2, -0.15) is 5.26 Å². The molecule has 1 heterocycles. The van der Waals surface area contributed by atoms with Crippen molar-refractivity contribution in [2.45, 2.75) is 0 Å². The first-order valence-electron chi connectivity index (χ1n) is 16.6. The summed E-state index contributed by atoms with van der Waals surface area (Å²) < 4.78 is 6.46. The number of nitriles is 1. The van der Waals surface area contributed by atoms with Crippen molar-refractivity contribution in [1.82, 2.24) is 0 Å². The van der Waals surface area contributed by atoms with Gasteiger partial charge in [-0.1, -0.05) is 127 Å². The first-order chi connectivity index (χ1) is 24.2. The maximum atomic E-state index is 9.66. The van der Waals surface area contributed by atoms with E-state index in [2.05, 4.69) is 146 Å². The van der Waals surface area contributed by atoms with E-state index in [0.29, 0.717) is 5.56 Å². The van der Waals surface area contributed by atoms with Crippen molar-refractivity contribution >= 4 is 43.1 Å². The Labute approximate surface area is 283 Å². The van der Waals surface area contributed by atoms with Gasteiger partial charge in [-0.15, -0.1) is 0 Å². The largest absolute Gasteiger partial charge is 0.456 e. The summed E-state index contributed by atoms with van der Waals surface area (Å²) in [5.74, 6) is 1.62. The maximum Gasteiger partial charge on any atom is 0.136 e. The standard InChI is InChI=1S/C47H27NO/c48-28-33-22-24-45-47-34(33)15-8-16-40(47)39-23-21-32(25-46(39)49-45)29-17-19-31(20-18-29)42-27-44-37-13-6-4-11-35(37)41(30-9-2-1-3-10-30)26-43(44)38-14-7-5-12-36(38)42/h1-27H. The molecule has 0 fully saturated rings. The van der Waals surface area contributed by atoms with Crippen LogP contribution in [0.15, 0.2) is 164 Å². The summed E-state index contributed by atoms with van der Waals surface area (Å²) in [7, 11) is 0. The van der Waals surface area contributed by atoms with Crippen LogP contribution < -0.4 is 4.74 Å². The fraction of sp³-hybridized carbons (Fsp3) is 0. The smallest absolute Gasteiger partial charge is 0.136 e. The Kier molecular flexibility index (Phi) is 5.97. The van der Waals surface area contributed by atoms with E-state index in [1.54, 1.807) is 0 Å². The summed E-state index contributed by atoms with van der Waals surface area (Å²) in [6.07, 6.45) is 0. The van der Waals surface area contributed by atoms with Crippen LogP contribution in [0.2, 0.25) is 0 Å². The zero-order valence-electron chi connectivity index (χ0n) is 26.4. The molecule has 0 saturated carbocycles. The summed E-state index contributed by atoms with van der Waals surface area (Å²) in [6.45, 7) is 0. The predicted molar refractivity (Wildman–Crippen MR) is 203 cm³/mol. The van der Waals surface area contributed by atoms with Crippen LogP contribution in [0.25, 0.3) is 87.6 Å². The molecule has 0 aliphatic carbocycles. The van der Waals surface area contributed by atoms with Crippen molar-refractivity contribution in [2.75, 3.05) is 0 Å². The second kappa shape index (κ2) is 10.7. The maximum absolute atomic E-state index is 9.66. The normalized spacial score (nSPS) is 11.8. The zero-order chi connectivity index (χ0) is 32.5. The summed E-state index contributed by atoms with van der Waals surface area (Å²) in [6, 6.07) is 60.6. The minimum absolute atomic E-state index is 0.661. The van der Waals surface area contributed by atoms with E-state index in [1.807, 2.05) is 24.3 Å². The lowest BCUT2D eigenvalue weighted by molar-refractivity contribution is 0.487. The Morgan fingerprint density at radius 2 is 0.918 bits per heavy atom. The number of hydrogen-bond acceptors (Lipinski definition) is 2. The van der Waals surface area contributed by atoms with Crippen LogP contribution in [0.1, 0.15) is 5.56 Å². The highest BCUT2D eigenvalue weighted by Crippen LogP contribution is 2.48. The second-order valence-corrected chi connectivity index (χ2v) is 12.7. The Morgan fingerprint density at radius 3 is 1.59 bits per heavy atom. The van der Waals surface area contributed by atoms with Gasteiger partial charge in [-0.25, -0.2) is 0 Å². The Morgan fingerprint density at radius 1 is 0.347 bits per heavy atom. The minimum Gasteiger partial charge on any atom is -0.456 e. The zero-order valence-corrected chi connectivity index (χ0v) is 26.4. The third-order valence-corrected chi connectivity index (χ3v) is 10.1. The highest BCUT2D eigenvalue weighted by Gasteiger charge is 2.22. The number of nitrogens with zero attached hydrogens (tertiary/aromatic N) is 1. The first-order valence-corrected chi connectivity index (χ1v) is 16.6. The number of ether oxygens (including phenoxy) is 1. The van der Waals surface area contributed by atoms with E-state index in [-0.39, 0.29) is 0 Å². The van der Waals surface area contributed by atoms with Crippen molar-refractivity contribution in [3.63, 3.8) is 0 Å². The average molecular weight is 622 g/mol. The van der Waals surface area contributed by atoms with Gasteiger partial charge in [0.05, 0.1) is 11.6 Å². The third-order valence-electron chi connectivity index (χ3n) is 10.1. The lowest BCUT2D eigenvalue weighted by Crippen LogP contribution is -1.98. The number of rotatable bonds is 3. The van der Waals surface area contributed by atoms with Crippen molar-refractivity contribution in [2.24, 2.45) is 0 Å². The quantitative estimate of drug-likeness (QED) is 0.184. The molecule has 2 nitrogen and oxygen atoms in total. The molecule has 0 bridgehead atoms. The van der Waals surface area contributed by atoms with Gasteiger partial charge in [0.1, 0.15) is 11.5 Å². The highest BCUT2D eigenvalue weighted by molar-refractivity contribution is 6.23. The molecule has 0 amide bonds. The molecule has 2 heteroatoms. The SMILES string of the molecule is N#Cc1ccc2c3c(cccc13)-c1ccc(-c3ccc(-c4cc5c6ccccc6c(-c6ccccc6)cc5c5ccccc45)cc3)cc1O2. The van der Waals surface area contributed by atoms with Crippen molar-refractivity contribution in [1.29, 1.82) is 5.26 Å².